The van der Waals surface area contributed by atoms with Crippen molar-refractivity contribution in [2.75, 3.05) is 25.5 Å². The van der Waals surface area contributed by atoms with Crippen LogP contribution in [-0.2, 0) is 17.6 Å². The summed E-state index contributed by atoms with van der Waals surface area (Å²) in [4.78, 5) is 34.2. The molecular formula is C27H33FN6O5. The number of amides is 1. The Hall–Kier alpha value is -4.22. The number of methoxy groups -OCH3 is 1. The summed E-state index contributed by atoms with van der Waals surface area (Å²) < 4.78 is 26.9. The first kappa shape index (κ1) is 27.8. The van der Waals surface area contributed by atoms with Crippen LogP contribution in [0.25, 0.3) is 0 Å². The largest absolute Gasteiger partial charge is 0.494 e. The monoisotopic (exact) mass is 540 g/mol. The van der Waals surface area contributed by atoms with Gasteiger partial charge in [-0.2, -0.15) is 5.10 Å². The molecule has 0 unspecified atom stereocenters. The summed E-state index contributed by atoms with van der Waals surface area (Å²) in [5.74, 6) is -1.46. The fraction of sp³-hybridized carbons (Fsp3) is 0.444. The zero-order valence-electron chi connectivity index (χ0n) is 22.5. The average molecular weight is 541 g/mol. The second-order valence-electron chi connectivity index (χ2n) is 10.4. The van der Waals surface area contributed by atoms with Gasteiger partial charge < -0.3 is 24.8 Å². The van der Waals surface area contributed by atoms with Crippen LogP contribution >= 0.6 is 0 Å². The van der Waals surface area contributed by atoms with Crippen LogP contribution in [-0.4, -0.2) is 67.6 Å². The lowest BCUT2D eigenvalue weighted by Gasteiger charge is -2.34. The summed E-state index contributed by atoms with van der Waals surface area (Å²) >= 11 is 0. The van der Waals surface area contributed by atoms with Gasteiger partial charge in [-0.15, -0.1) is 0 Å². The maximum absolute atomic E-state index is 14.6. The van der Waals surface area contributed by atoms with Crippen LogP contribution < -0.4 is 10.1 Å². The SMILES string of the molecule is COc1cc(C(=O)O)cc(CCc2cnc(Nc3cnn([C@@H]4CCCN(C(=O)OC(C)(C)C)C4)c3)nc2)c1F. The fourth-order valence-corrected chi connectivity index (χ4v) is 4.33. The van der Waals surface area contributed by atoms with E-state index in [1.54, 1.807) is 23.5 Å². The molecule has 1 fully saturated rings. The number of carboxylic acid groups (broad SMARTS) is 1. The number of aromatic nitrogens is 4. The van der Waals surface area contributed by atoms with Gasteiger partial charge in [0, 0.05) is 31.7 Å². The molecule has 0 aliphatic carbocycles. The summed E-state index contributed by atoms with van der Waals surface area (Å²) in [5.41, 5.74) is 1.13. The lowest BCUT2D eigenvalue weighted by atomic mass is 10.0. The maximum Gasteiger partial charge on any atom is 0.410 e. The molecule has 3 aromatic rings. The molecule has 1 saturated heterocycles. The Bertz CT molecular complexity index is 1320. The number of ether oxygens (including phenoxy) is 2. The number of hydrogen-bond acceptors (Lipinski definition) is 8. The predicted molar refractivity (Wildman–Crippen MR) is 141 cm³/mol. The van der Waals surface area contributed by atoms with Crippen molar-refractivity contribution in [3.8, 4) is 5.75 Å². The van der Waals surface area contributed by atoms with Crippen LogP contribution in [0.2, 0.25) is 0 Å². The molecule has 1 amide bonds. The average Bonchev–Trinajstić information content (AvgIpc) is 3.36. The number of anilines is 2. The number of carboxylic acids is 1. The smallest absolute Gasteiger partial charge is 0.410 e. The Kier molecular flexibility index (Phi) is 8.32. The normalized spacial score (nSPS) is 15.6. The molecule has 4 rings (SSSR count). The first-order chi connectivity index (χ1) is 18.5. The number of aryl methyl sites for hydroxylation is 2. The predicted octanol–water partition coefficient (Wildman–Crippen LogP) is 4.62. The highest BCUT2D eigenvalue weighted by molar-refractivity contribution is 5.88. The van der Waals surface area contributed by atoms with Gasteiger partial charge >= 0.3 is 12.1 Å². The van der Waals surface area contributed by atoms with Gasteiger partial charge in [-0.1, -0.05) is 0 Å². The van der Waals surface area contributed by atoms with Crippen molar-refractivity contribution >= 4 is 23.7 Å². The minimum Gasteiger partial charge on any atom is -0.494 e. The minimum absolute atomic E-state index is 0.0313. The second-order valence-corrected chi connectivity index (χ2v) is 10.4. The van der Waals surface area contributed by atoms with Crippen LogP contribution in [0.15, 0.2) is 36.9 Å². The summed E-state index contributed by atoms with van der Waals surface area (Å²) in [6, 6.07) is 2.51. The number of nitrogens with zero attached hydrogens (tertiary/aromatic N) is 5. The molecule has 2 aromatic heterocycles. The number of nitrogens with one attached hydrogen (secondary N) is 1. The van der Waals surface area contributed by atoms with Gasteiger partial charge in [-0.05, 0) is 69.7 Å². The molecule has 0 spiro atoms. The van der Waals surface area contributed by atoms with Gasteiger partial charge in [0.2, 0.25) is 5.95 Å². The van der Waals surface area contributed by atoms with E-state index < -0.39 is 17.4 Å². The van der Waals surface area contributed by atoms with Crippen molar-refractivity contribution in [1.82, 2.24) is 24.6 Å². The van der Waals surface area contributed by atoms with Crippen molar-refractivity contribution in [3.63, 3.8) is 0 Å². The number of carbonyl (C=O) groups excluding carboxylic acids is 1. The zero-order valence-corrected chi connectivity index (χ0v) is 22.5. The molecule has 208 valence electrons. The number of rotatable bonds is 8. The van der Waals surface area contributed by atoms with E-state index in [-0.39, 0.29) is 35.4 Å². The summed E-state index contributed by atoms with van der Waals surface area (Å²) in [6.07, 6.45) is 8.91. The molecule has 11 nitrogen and oxygen atoms in total. The van der Waals surface area contributed by atoms with Crippen molar-refractivity contribution in [1.29, 1.82) is 0 Å². The standard InChI is InChI=1S/C27H33FN6O5/c1-27(2,3)39-26(37)33-9-5-6-21(16-33)34-15-20(14-31-34)32-25-29-12-17(13-30-25)7-8-18-10-19(24(35)36)11-22(38-4)23(18)28/h10-15,21H,5-9,16H2,1-4H3,(H,35,36)(H,29,30,32)/t21-/m1/s1. The van der Waals surface area contributed by atoms with E-state index in [0.717, 1.165) is 24.5 Å². The second kappa shape index (κ2) is 11.7. The molecule has 0 saturated carbocycles. The number of likely N-dealkylation sites (tertiary alicyclic amines) is 1. The Morgan fingerprint density at radius 2 is 1.92 bits per heavy atom. The minimum atomic E-state index is -1.15. The molecule has 1 atom stereocenters. The highest BCUT2D eigenvalue weighted by atomic mass is 19.1. The molecule has 39 heavy (non-hydrogen) atoms. The molecule has 3 heterocycles. The van der Waals surface area contributed by atoms with Crippen molar-refractivity contribution in [2.45, 2.75) is 58.1 Å². The Labute approximate surface area is 226 Å². The number of aromatic carboxylic acids is 1. The molecule has 1 aromatic carbocycles. The summed E-state index contributed by atoms with van der Waals surface area (Å²) in [6.45, 7) is 6.73. The molecule has 1 aliphatic rings. The number of halogens is 1. The van der Waals surface area contributed by atoms with Crippen molar-refractivity contribution in [3.05, 3.63) is 59.4 Å². The van der Waals surface area contributed by atoms with E-state index in [0.29, 0.717) is 31.1 Å². The van der Waals surface area contributed by atoms with Gasteiger partial charge in [-0.3, -0.25) is 4.68 Å². The van der Waals surface area contributed by atoms with E-state index in [9.17, 15) is 19.1 Å². The topological polar surface area (TPSA) is 132 Å². The first-order valence-corrected chi connectivity index (χ1v) is 12.7. The highest BCUT2D eigenvalue weighted by Gasteiger charge is 2.28. The maximum atomic E-state index is 14.6. The van der Waals surface area contributed by atoms with E-state index in [1.807, 2.05) is 31.6 Å². The van der Waals surface area contributed by atoms with Crippen LogP contribution in [0.5, 0.6) is 5.75 Å². The lowest BCUT2D eigenvalue weighted by molar-refractivity contribution is 0.0167. The van der Waals surface area contributed by atoms with Gasteiger partial charge in [0.05, 0.1) is 30.6 Å². The Morgan fingerprint density at radius 1 is 1.18 bits per heavy atom. The number of benzene rings is 1. The lowest BCUT2D eigenvalue weighted by Crippen LogP contribution is -2.43. The van der Waals surface area contributed by atoms with Crippen molar-refractivity contribution < 1.29 is 28.6 Å². The van der Waals surface area contributed by atoms with E-state index in [4.69, 9.17) is 9.47 Å². The molecule has 1 aliphatic heterocycles. The summed E-state index contributed by atoms with van der Waals surface area (Å²) in [5, 5.41) is 16.9. The Balaban J connectivity index is 1.34. The number of carbonyl (C=O) groups is 2. The van der Waals surface area contributed by atoms with Gasteiger partial charge in [0.25, 0.3) is 0 Å². The third-order valence-corrected chi connectivity index (χ3v) is 6.25. The van der Waals surface area contributed by atoms with Gasteiger partial charge in [-0.25, -0.2) is 23.9 Å². The van der Waals surface area contributed by atoms with Crippen LogP contribution in [0.1, 0.15) is 61.1 Å². The highest BCUT2D eigenvalue weighted by Crippen LogP contribution is 2.26. The molecule has 0 bridgehead atoms. The number of piperidine rings is 1. The molecule has 12 heteroatoms. The third-order valence-electron chi connectivity index (χ3n) is 6.25. The van der Waals surface area contributed by atoms with E-state index >= 15 is 0 Å². The van der Waals surface area contributed by atoms with Crippen LogP contribution in [0.4, 0.5) is 20.8 Å². The van der Waals surface area contributed by atoms with E-state index in [1.165, 1.54) is 13.2 Å². The zero-order chi connectivity index (χ0) is 28.2. The Morgan fingerprint density at radius 3 is 2.59 bits per heavy atom. The van der Waals surface area contributed by atoms with Gasteiger partial charge in [0.15, 0.2) is 11.6 Å². The van der Waals surface area contributed by atoms with Crippen molar-refractivity contribution in [2.24, 2.45) is 0 Å². The third kappa shape index (κ3) is 7.21. The molecular weight excluding hydrogens is 507 g/mol. The quantitative estimate of drug-likeness (QED) is 0.420. The van der Waals surface area contributed by atoms with Crippen LogP contribution in [0, 0.1) is 5.82 Å². The summed E-state index contributed by atoms with van der Waals surface area (Å²) in [7, 11) is 1.30. The fourth-order valence-electron chi connectivity index (χ4n) is 4.33. The van der Waals surface area contributed by atoms with E-state index in [2.05, 4.69) is 20.4 Å². The van der Waals surface area contributed by atoms with Crippen LogP contribution in [0.3, 0.4) is 0 Å². The number of hydrogen-bond donors (Lipinski definition) is 2. The first-order valence-electron chi connectivity index (χ1n) is 12.7. The molecule has 0 radical (unpaired) electrons. The van der Waals surface area contributed by atoms with Gasteiger partial charge in [0.1, 0.15) is 5.60 Å². The molecule has 2 N–H and O–H groups in total.